The summed E-state index contributed by atoms with van der Waals surface area (Å²) < 4.78 is 0. The van der Waals surface area contributed by atoms with E-state index >= 15 is 0 Å². The van der Waals surface area contributed by atoms with Gasteiger partial charge in [0.15, 0.2) is 0 Å². The highest BCUT2D eigenvalue weighted by atomic mass is 16.1. The number of hydrogen-bond acceptors (Lipinski definition) is 2. The van der Waals surface area contributed by atoms with Gasteiger partial charge >= 0.3 is 0 Å². The minimum atomic E-state index is 0.0394. The molecule has 2 N–H and O–H groups in total. The van der Waals surface area contributed by atoms with Crippen LogP contribution in [0.2, 0.25) is 0 Å². The zero-order chi connectivity index (χ0) is 12.8. The van der Waals surface area contributed by atoms with Gasteiger partial charge in [-0.05, 0) is 19.1 Å². The van der Waals surface area contributed by atoms with E-state index in [4.69, 9.17) is 0 Å². The summed E-state index contributed by atoms with van der Waals surface area (Å²) in [7, 11) is 1.91. The molecule has 0 heterocycles. The van der Waals surface area contributed by atoms with Crippen LogP contribution in [0.15, 0.2) is 30.3 Å². The third-order valence-electron chi connectivity index (χ3n) is 1.49. The van der Waals surface area contributed by atoms with Crippen molar-refractivity contribution in [3.8, 4) is 0 Å². The van der Waals surface area contributed by atoms with Crippen LogP contribution < -0.4 is 10.6 Å². The lowest BCUT2D eigenvalue weighted by Crippen LogP contribution is -2.18. The van der Waals surface area contributed by atoms with Gasteiger partial charge in [-0.15, -0.1) is 0 Å². The molecule has 0 saturated heterocycles. The number of carbonyl (C=O) groups is 1. The van der Waals surface area contributed by atoms with E-state index in [9.17, 15) is 4.79 Å². The molecule has 92 valence electrons. The minimum Gasteiger partial charge on any atom is -0.388 e. The van der Waals surface area contributed by atoms with E-state index < -0.39 is 0 Å². The second-order valence-corrected chi connectivity index (χ2v) is 2.70. The first kappa shape index (κ1) is 16.9. The third kappa shape index (κ3) is 12.5. The van der Waals surface area contributed by atoms with Gasteiger partial charge in [0, 0.05) is 26.2 Å². The van der Waals surface area contributed by atoms with Crippen molar-refractivity contribution in [3.05, 3.63) is 30.3 Å². The Balaban J connectivity index is 0. The number of carbonyl (C=O) groups excluding carboxylic acids is 1. The van der Waals surface area contributed by atoms with Crippen molar-refractivity contribution in [2.24, 2.45) is 0 Å². The average Bonchev–Trinajstić information content (AvgIpc) is 2.33. The molecule has 0 unspecified atom stereocenters. The van der Waals surface area contributed by atoms with Crippen molar-refractivity contribution < 1.29 is 4.79 Å². The van der Waals surface area contributed by atoms with E-state index in [2.05, 4.69) is 10.6 Å². The van der Waals surface area contributed by atoms with Crippen LogP contribution in [-0.2, 0) is 4.79 Å². The molecule has 1 rings (SSSR count). The maximum Gasteiger partial charge on any atom is 0.216 e. The molecule has 0 spiro atoms. The quantitative estimate of drug-likeness (QED) is 0.811. The Morgan fingerprint density at radius 1 is 1.19 bits per heavy atom. The molecule has 16 heavy (non-hydrogen) atoms. The summed E-state index contributed by atoms with van der Waals surface area (Å²) in [6, 6.07) is 10.1. The fourth-order valence-electron chi connectivity index (χ4n) is 0.854. The predicted octanol–water partition coefficient (Wildman–Crippen LogP) is 2.90. The normalized spacial score (nSPS) is 7.56. The van der Waals surface area contributed by atoms with E-state index in [1.54, 1.807) is 0 Å². The van der Waals surface area contributed by atoms with Crippen molar-refractivity contribution in [2.75, 3.05) is 18.9 Å². The van der Waals surface area contributed by atoms with Crippen LogP contribution in [-0.4, -0.2) is 19.5 Å². The summed E-state index contributed by atoms with van der Waals surface area (Å²) in [5, 5.41) is 5.60. The second-order valence-electron chi connectivity index (χ2n) is 2.70. The number of amides is 1. The molecule has 0 radical (unpaired) electrons. The maximum atomic E-state index is 9.93. The molecule has 0 aliphatic heterocycles. The zero-order valence-electron chi connectivity index (χ0n) is 11.0. The van der Waals surface area contributed by atoms with Crippen molar-refractivity contribution in [1.29, 1.82) is 0 Å². The Kier molecular flexibility index (Phi) is 14.3. The smallest absolute Gasteiger partial charge is 0.216 e. The van der Waals surface area contributed by atoms with E-state index in [0.717, 1.165) is 12.2 Å². The number of para-hydroxylation sites is 1. The summed E-state index contributed by atoms with van der Waals surface area (Å²) >= 11 is 0. The maximum absolute atomic E-state index is 9.93. The number of rotatable bonds is 2. The molecule has 3 heteroatoms. The summed E-state index contributed by atoms with van der Waals surface area (Å²) in [5.41, 5.74) is 1.16. The number of nitrogens with one attached hydrogen (secondary N) is 2. The number of anilines is 1. The minimum absolute atomic E-state index is 0.0394. The largest absolute Gasteiger partial charge is 0.388 e. The van der Waals surface area contributed by atoms with Gasteiger partial charge in [0.05, 0.1) is 0 Å². The van der Waals surface area contributed by atoms with Crippen molar-refractivity contribution in [2.45, 2.75) is 27.7 Å². The monoisotopic (exact) mass is 224 g/mol. The molecular weight excluding hydrogens is 200 g/mol. The molecule has 1 aromatic carbocycles. The molecule has 0 bridgehead atoms. The number of benzene rings is 1. The highest BCUT2D eigenvalue weighted by molar-refractivity contribution is 5.72. The van der Waals surface area contributed by atoms with Crippen LogP contribution in [0.3, 0.4) is 0 Å². The van der Waals surface area contributed by atoms with Gasteiger partial charge in [-0.2, -0.15) is 0 Å². The highest BCUT2D eigenvalue weighted by Crippen LogP contribution is 2.01. The fraction of sp³-hybridized carbons (Fsp3) is 0.462. The van der Waals surface area contributed by atoms with Gasteiger partial charge in [-0.25, -0.2) is 0 Å². The number of hydrogen-bond donors (Lipinski definition) is 2. The standard InChI is InChI=1S/C7H9N.C4H9NO.C2H6/c1-8-7-5-3-2-4-6-7;1-3-5-4(2)6;1-2/h2-6,8H,1H3;3H2,1-2H3,(H,5,6);1-2H3. The van der Waals surface area contributed by atoms with Crippen LogP contribution in [0.25, 0.3) is 0 Å². The van der Waals surface area contributed by atoms with E-state index in [0.29, 0.717) is 0 Å². The lowest BCUT2D eigenvalue weighted by atomic mass is 10.3. The molecular formula is C13H24N2O. The molecule has 0 aliphatic carbocycles. The average molecular weight is 224 g/mol. The van der Waals surface area contributed by atoms with Gasteiger partial charge in [-0.3, -0.25) is 4.79 Å². The lowest BCUT2D eigenvalue weighted by molar-refractivity contribution is -0.118. The first-order valence-corrected chi connectivity index (χ1v) is 5.68. The van der Waals surface area contributed by atoms with Gasteiger partial charge < -0.3 is 10.6 Å². The first-order valence-electron chi connectivity index (χ1n) is 5.68. The first-order chi connectivity index (χ1) is 7.70. The highest BCUT2D eigenvalue weighted by Gasteiger charge is 1.79. The summed E-state index contributed by atoms with van der Waals surface area (Å²) in [4.78, 5) is 9.93. The predicted molar refractivity (Wildman–Crippen MR) is 71.7 cm³/mol. The SMILES string of the molecule is CC.CCNC(C)=O.CNc1ccccc1. The fourth-order valence-corrected chi connectivity index (χ4v) is 0.854. The van der Waals surface area contributed by atoms with Crippen molar-refractivity contribution in [1.82, 2.24) is 5.32 Å². The Hall–Kier alpha value is -1.51. The van der Waals surface area contributed by atoms with Crippen LogP contribution in [0.1, 0.15) is 27.7 Å². The van der Waals surface area contributed by atoms with Gasteiger partial charge in [0.2, 0.25) is 5.91 Å². The zero-order valence-corrected chi connectivity index (χ0v) is 11.0. The van der Waals surface area contributed by atoms with Crippen molar-refractivity contribution >= 4 is 11.6 Å². The Labute approximate surface area is 99.3 Å². The van der Waals surface area contributed by atoms with E-state index in [1.807, 2.05) is 58.2 Å². The Morgan fingerprint density at radius 2 is 1.69 bits per heavy atom. The molecule has 0 fully saturated rings. The van der Waals surface area contributed by atoms with Gasteiger partial charge in [0.1, 0.15) is 0 Å². The van der Waals surface area contributed by atoms with Crippen molar-refractivity contribution in [3.63, 3.8) is 0 Å². The molecule has 1 aromatic rings. The molecule has 0 saturated carbocycles. The molecule has 1 amide bonds. The Morgan fingerprint density at radius 3 is 1.88 bits per heavy atom. The van der Waals surface area contributed by atoms with Crippen LogP contribution in [0, 0.1) is 0 Å². The molecule has 0 atom stereocenters. The summed E-state index contributed by atoms with van der Waals surface area (Å²) in [6.45, 7) is 8.13. The van der Waals surface area contributed by atoms with Crippen LogP contribution >= 0.6 is 0 Å². The molecule has 0 aromatic heterocycles. The third-order valence-corrected chi connectivity index (χ3v) is 1.49. The van der Waals surface area contributed by atoms with Crippen LogP contribution in [0.4, 0.5) is 5.69 Å². The summed E-state index contributed by atoms with van der Waals surface area (Å²) in [6.07, 6.45) is 0. The topological polar surface area (TPSA) is 41.1 Å². The van der Waals surface area contributed by atoms with E-state index in [-0.39, 0.29) is 5.91 Å². The van der Waals surface area contributed by atoms with Gasteiger partial charge in [-0.1, -0.05) is 32.0 Å². The van der Waals surface area contributed by atoms with E-state index in [1.165, 1.54) is 6.92 Å². The lowest BCUT2D eigenvalue weighted by Gasteiger charge is -1.94. The summed E-state index contributed by atoms with van der Waals surface area (Å²) in [5.74, 6) is 0.0394. The van der Waals surface area contributed by atoms with Gasteiger partial charge in [0.25, 0.3) is 0 Å². The Bertz CT molecular complexity index is 247. The molecule has 0 aliphatic rings. The second kappa shape index (κ2) is 13.5. The van der Waals surface area contributed by atoms with Crippen LogP contribution in [0.5, 0.6) is 0 Å². The molecule has 3 nitrogen and oxygen atoms in total.